The van der Waals surface area contributed by atoms with Crippen LogP contribution in [0.1, 0.15) is 25.3 Å². The molecule has 104 valence electrons. The smallest absolute Gasteiger partial charge is 0.255 e. The third kappa shape index (κ3) is 5.22. The molecule has 0 radical (unpaired) electrons. The molecule has 0 fully saturated rings. The fourth-order valence-electron chi connectivity index (χ4n) is 1.33. The fraction of sp³-hybridized carbons (Fsp3) is 0.250. The number of sulfonamides is 1. The molecule has 0 unspecified atom stereocenters. The van der Waals surface area contributed by atoms with Gasteiger partial charge in [0.1, 0.15) is 5.84 Å². The lowest BCUT2D eigenvalue weighted by atomic mass is 10.2. The topological polar surface area (TPSA) is 70.0 Å². The van der Waals surface area contributed by atoms with Crippen molar-refractivity contribution in [1.82, 2.24) is 4.72 Å². The molecule has 0 amide bonds. The van der Waals surface area contributed by atoms with E-state index in [0.29, 0.717) is 28.5 Å². The summed E-state index contributed by atoms with van der Waals surface area (Å²) in [4.78, 5) is 0. The molecule has 0 aliphatic rings. The van der Waals surface area contributed by atoms with Gasteiger partial charge >= 0.3 is 0 Å². The average molecular weight is 321 g/mol. The van der Waals surface area contributed by atoms with Crippen LogP contribution in [-0.2, 0) is 10.0 Å². The second-order valence-corrected chi connectivity index (χ2v) is 6.19. The van der Waals surface area contributed by atoms with Crippen LogP contribution in [0.3, 0.4) is 0 Å². The molecule has 0 aromatic heterocycles. The molecule has 0 saturated heterocycles. The fourth-order valence-corrected chi connectivity index (χ4v) is 2.69. The minimum Gasteiger partial charge on any atom is -0.288 e. The zero-order chi connectivity index (χ0) is 14.5. The molecule has 0 bridgehead atoms. The standard InChI is InChI=1S/C12H14Cl2N2O2S/c1-2-4-12(15)16-19(17,18)8-7-9-10(13)5-3-6-11(9)14/h3,5-8H,2,4H2,1H3,(H2,15,16). The lowest BCUT2D eigenvalue weighted by Gasteiger charge is -2.05. The Morgan fingerprint density at radius 1 is 1.37 bits per heavy atom. The highest BCUT2D eigenvalue weighted by atomic mass is 35.5. The molecule has 7 heteroatoms. The highest BCUT2D eigenvalue weighted by molar-refractivity contribution is 7.93. The van der Waals surface area contributed by atoms with Crippen molar-refractivity contribution >= 4 is 45.1 Å². The first kappa shape index (κ1) is 16.0. The summed E-state index contributed by atoms with van der Waals surface area (Å²) in [5, 5.41) is 9.11. The predicted molar refractivity (Wildman–Crippen MR) is 80.2 cm³/mol. The van der Waals surface area contributed by atoms with Gasteiger partial charge in [-0.2, -0.15) is 0 Å². The van der Waals surface area contributed by atoms with E-state index < -0.39 is 10.0 Å². The van der Waals surface area contributed by atoms with E-state index in [1.807, 2.05) is 6.92 Å². The maximum absolute atomic E-state index is 11.7. The highest BCUT2D eigenvalue weighted by Gasteiger charge is 2.08. The third-order valence-electron chi connectivity index (χ3n) is 2.18. The lowest BCUT2D eigenvalue weighted by Crippen LogP contribution is -2.27. The third-order valence-corrected chi connectivity index (χ3v) is 3.86. The normalized spacial score (nSPS) is 11.7. The van der Waals surface area contributed by atoms with Crippen molar-refractivity contribution in [1.29, 1.82) is 5.41 Å². The van der Waals surface area contributed by atoms with Crippen LogP contribution < -0.4 is 4.72 Å². The summed E-state index contributed by atoms with van der Waals surface area (Å²) in [5.41, 5.74) is 0.429. The molecular weight excluding hydrogens is 307 g/mol. The van der Waals surface area contributed by atoms with E-state index in [-0.39, 0.29) is 5.84 Å². The van der Waals surface area contributed by atoms with Crippen LogP contribution in [0.4, 0.5) is 0 Å². The summed E-state index contributed by atoms with van der Waals surface area (Å²) in [6.45, 7) is 1.86. The quantitative estimate of drug-likeness (QED) is 0.642. The molecule has 19 heavy (non-hydrogen) atoms. The zero-order valence-corrected chi connectivity index (χ0v) is 12.6. The molecule has 1 aromatic carbocycles. The van der Waals surface area contributed by atoms with Gasteiger partial charge in [0, 0.05) is 22.0 Å². The summed E-state index contributed by atoms with van der Waals surface area (Å²) >= 11 is 11.8. The SMILES string of the molecule is CCCC(=N)NS(=O)(=O)C=Cc1c(Cl)cccc1Cl. The van der Waals surface area contributed by atoms with Gasteiger partial charge in [-0.1, -0.05) is 36.2 Å². The first-order chi connectivity index (χ1) is 8.85. The first-order valence-corrected chi connectivity index (χ1v) is 7.88. The molecule has 0 spiro atoms. The number of benzene rings is 1. The molecule has 0 aliphatic heterocycles. The minimum absolute atomic E-state index is 0.0441. The molecule has 1 aromatic rings. The van der Waals surface area contributed by atoms with E-state index in [2.05, 4.69) is 4.72 Å². The van der Waals surface area contributed by atoms with E-state index in [1.165, 1.54) is 6.08 Å². The van der Waals surface area contributed by atoms with Crippen LogP contribution in [0, 0.1) is 5.41 Å². The Labute approximate surface area is 123 Å². The maximum Gasteiger partial charge on any atom is 0.255 e. The first-order valence-electron chi connectivity index (χ1n) is 5.58. The Kier molecular flexibility index (Phi) is 5.85. The Hall–Kier alpha value is -1.04. The van der Waals surface area contributed by atoms with Gasteiger partial charge in [0.15, 0.2) is 0 Å². The van der Waals surface area contributed by atoms with Crippen LogP contribution in [0.15, 0.2) is 23.6 Å². The van der Waals surface area contributed by atoms with Crippen molar-refractivity contribution in [3.8, 4) is 0 Å². The number of halogens is 2. The number of hydrogen-bond acceptors (Lipinski definition) is 3. The van der Waals surface area contributed by atoms with E-state index in [0.717, 1.165) is 5.41 Å². The van der Waals surface area contributed by atoms with Crippen LogP contribution in [-0.4, -0.2) is 14.3 Å². The molecule has 0 atom stereocenters. The predicted octanol–water partition coefficient (Wildman–Crippen LogP) is 3.66. The van der Waals surface area contributed by atoms with E-state index >= 15 is 0 Å². The molecule has 0 heterocycles. The molecule has 2 N–H and O–H groups in total. The maximum atomic E-state index is 11.7. The summed E-state index contributed by atoms with van der Waals surface area (Å²) in [6, 6.07) is 4.91. The number of nitrogens with one attached hydrogen (secondary N) is 2. The lowest BCUT2D eigenvalue weighted by molar-refractivity contribution is 0.601. The molecule has 4 nitrogen and oxygen atoms in total. The average Bonchev–Trinajstić information content (AvgIpc) is 2.27. The van der Waals surface area contributed by atoms with E-state index in [9.17, 15) is 8.42 Å². The van der Waals surface area contributed by atoms with Crippen molar-refractivity contribution in [3.63, 3.8) is 0 Å². The van der Waals surface area contributed by atoms with Crippen LogP contribution in [0.5, 0.6) is 0 Å². The van der Waals surface area contributed by atoms with Gasteiger partial charge in [0.05, 0.1) is 5.41 Å². The number of rotatable bonds is 5. The summed E-state index contributed by atoms with van der Waals surface area (Å²) in [5.74, 6) is -0.0441. The van der Waals surface area contributed by atoms with Crippen LogP contribution in [0.2, 0.25) is 10.0 Å². The number of hydrogen-bond donors (Lipinski definition) is 2. The number of amidine groups is 1. The zero-order valence-electron chi connectivity index (χ0n) is 10.3. The Balaban J connectivity index is 2.89. The molecule has 0 aliphatic carbocycles. The minimum atomic E-state index is -3.71. The van der Waals surface area contributed by atoms with Gasteiger partial charge in [0.2, 0.25) is 0 Å². The Bertz CT molecular complexity index is 577. The van der Waals surface area contributed by atoms with Crippen molar-refractivity contribution < 1.29 is 8.42 Å². The molecule has 0 saturated carbocycles. The van der Waals surface area contributed by atoms with Gasteiger partial charge in [-0.05, 0) is 24.6 Å². The van der Waals surface area contributed by atoms with Gasteiger partial charge in [-0.25, -0.2) is 8.42 Å². The monoisotopic (exact) mass is 320 g/mol. The molecule has 1 rings (SSSR count). The largest absolute Gasteiger partial charge is 0.288 e. The van der Waals surface area contributed by atoms with Gasteiger partial charge in [-0.15, -0.1) is 0 Å². The van der Waals surface area contributed by atoms with E-state index in [4.69, 9.17) is 28.6 Å². The van der Waals surface area contributed by atoms with Crippen LogP contribution in [0.25, 0.3) is 6.08 Å². The van der Waals surface area contributed by atoms with Crippen molar-refractivity contribution in [3.05, 3.63) is 39.2 Å². The second-order valence-electron chi connectivity index (χ2n) is 3.81. The van der Waals surface area contributed by atoms with Crippen molar-refractivity contribution in [2.45, 2.75) is 19.8 Å². The van der Waals surface area contributed by atoms with Crippen molar-refractivity contribution in [2.75, 3.05) is 0 Å². The second kappa shape index (κ2) is 6.93. The van der Waals surface area contributed by atoms with Gasteiger partial charge in [-0.3, -0.25) is 10.1 Å². The summed E-state index contributed by atoms with van der Waals surface area (Å²) in [6.07, 6.45) is 2.38. The van der Waals surface area contributed by atoms with Gasteiger partial charge in [0.25, 0.3) is 10.0 Å². The van der Waals surface area contributed by atoms with E-state index in [1.54, 1.807) is 18.2 Å². The van der Waals surface area contributed by atoms with Crippen molar-refractivity contribution in [2.24, 2.45) is 0 Å². The Morgan fingerprint density at radius 2 is 1.95 bits per heavy atom. The molecular formula is C12H14Cl2N2O2S. The Morgan fingerprint density at radius 3 is 2.47 bits per heavy atom. The van der Waals surface area contributed by atoms with Gasteiger partial charge < -0.3 is 0 Å². The van der Waals surface area contributed by atoms with Crippen LogP contribution >= 0.6 is 23.2 Å². The summed E-state index contributed by atoms with van der Waals surface area (Å²) < 4.78 is 25.5. The summed E-state index contributed by atoms with van der Waals surface area (Å²) in [7, 11) is -3.71. The highest BCUT2D eigenvalue weighted by Crippen LogP contribution is 2.25.